The van der Waals surface area contributed by atoms with Gasteiger partial charge in [-0.05, 0) is 57.3 Å². The normalized spacial score (nSPS) is 19.6. The lowest BCUT2D eigenvalue weighted by atomic mass is 10.0. The molecule has 0 bridgehead atoms. The Bertz CT molecular complexity index is 355. The number of aryl methyl sites for hydroxylation is 1. The fraction of sp³-hybridized carbons (Fsp3) is 0.765. The van der Waals surface area contributed by atoms with Crippen molar-refractivity contribution in [1.29, 1.82) is 0 Å². The van der Waals surface area contributed by atoms with Gasteiger partial charge in [-0.3, -0.25) is 4.90 Å². The number of hydrogen-bond donors (Lipinski definition) is 1. The summed E-state index contributed by atoms with van der Waals surface area (Å²) in [7, 11) is 0. The molecule has 2 rings (SSSR count). The van der Waals surface area contributed by atoms with E-state index in [1.807, 2.05) is 6.07 Å². The Morgan fingerprint density at radius 2 is 2.00 bits per heavy atom. The molecule has 0 radical (unpaired) electrons. The zero-order valence-corrected chi connectivity index (χ0v) is 13.3. The number of furan rings is 1. The van der Waals surface area contributed by atoms with Crippen molar-refractivity contribution < 1.29 is 4.42 Å². The van der Waals surface area contributed by atoms with Crippen LogP contribution in [0.5, 0.6) is 0 Å². The van der Waals surface area contributed by atoms with E-state index in [0.29, 0.717) is 12.1 Å². The van der Waals surface area contributed by atoms with Gasteiger partial charge >= 0.3 is 0 Å². The van der Waals surface area contributed by atoms with Gasteiger partial charge in [0.25, 0.3) is 0 Å². The molecular formula is C17H30N2O. The summed E-state index contributed by atoms with van der Waals surface area (Å²) in [5, 5.41) is 3.72. The smallest absolute Gasteiger partial charge is 0.103 e. The highest BCUT2D eigenvalue weighted by molar-refractivity contribution is 4.98. The standard InChI is InChI=1S/C17H30N2O/c1-14(2)17(19-10-4-5-11-19)13-18-15(3)8-9-16-7-6-12-20-16/h6-7,12,14-15,17-18H,4-5,8-11,13H2,1-3H3. The van der Waals surface area contributed by atoms with Crippen LogP contribution in [0.25, 0.3) is 0 Å². The average Bonchev–Trinajstić information content (AvgIpc) is 3.09. The van der Waals surface area contributed by atoms with Gasteiger partial charge in [0.05, 0.1) is 6.26 Å². The number of rotatable bonds is 8. The van der Waals surface area contributed by atoms with Gasteiger partial charge in [0.2, 0.25) is 0 Å². The summed E-state index contributed by atoms with van der Waals surface area (Å²) in [4.78, 5) is 2.66. The summed E-state index contributed by atoms with van der Waals surface area (Å²) < 4.78 is 5.39. The zero-order valence-electron chi connectivity index (χ0n) is 13.3. The molecular weight excluding hydrogens is 248 g/mol. The molecule has 0 amide bonds. The van der Waals surface area contributed by atoms with E-state index in [-0.39, 0.29) is 0 Å². The fourth-order valence-corrected chi connectivity index (χ4v) is 3.10. The summed E-state index contributed by atoms with van der Waals surface area (Å²) >= 11 is 0. The van der Waals surface area contributed by atoms with Crippen LogP contribution in [-0.4, -0.2) is 36.6 Å². The largest absolute Gasteiger partial charge is 0.469 e. The summed E-state index contributed by atoms with van der Waals surface area (Å²) in [6, 6.07) is 5.26. The average molecular weight is 278 g/mol. The highest BCUT2D eigenvalue weighted by Crippen LogP contribution is 2.17. The van der Waals surface area contributed by atoms with E-state index >= 15 is 0 Å². The van der Waals surface area contributed by atoms with Crippen LogP contribution in [0, 0.1) is 5.92 Å². The minimum Gasteiger partial charge on any atom is -0.469 e. The lowest BCUT2D eigenvalue weighted by Gasteiger charge is -2.32. The Balaban J connectivity index is 1.71. The molecule has 2 heterocycles. The van der Waals surface area contributed by atoms with Crippen molar-refractivity contribution in [2.45, 2.75) is 58.5 Å². The predicted octanol–water partition coefficient (Wildman–Crippen LogP) is 3.31. The minimum absolute atomic E-state index is 0.545. The van der Waals surface area contributed by atoms with Crippen molar-refractivity contribution in [1.82, 2.24) is 10.2 Å². The van der Waals surface area contributed by atoms with E-state index in [2.05, 4.69) is 37.1 Å². The maximum Gasteiger partial charge on any atom is 0.103 e. The zero-order chi connectivity index (χ0) is 14.4. The van der Waals surface area contributed by atoms with E-state index in [1.54, 1.807) is 6.26 Å². The molecule has 0 aromatic carbocycles. The van der Waals surface area contributed by atoms with Crippen LogP contribution in [0.3, 0.4) is 0 Å². The number of nitrogens with one attached hydrogen (secondary N) is 1. The number of hydrogen-bond acceptors (Lipinski definition) is 3. The van der Waals surface area contributed by atoms with Crippen molar-refractivity contribution in [3.8, 4) is 0 Å². The van der Waals surface area contributed by atoms with Gasteiger partial charge < -0.3 is 9.73 Å². The summed E-state index contributed by atoms with van der Waals surface area (Å²) in [5.74, 6) is 1.82. The minimum atomic E-state index is 0.545. The van der Waals surface area contributed by atoms with Crippen molar-refractivity contribution >= 4 is 0 Å². The van der Waals surface area contributed by atoms with Crippen molar-refractivity contribution in [3.05, 3.63) is 24.2 Å². The van der Waals surface area contributed by atoms with Crippen LogP contribution in [0.15, 0.2) is 22.8 Å². The monoisotopic (exact) mass is 278 g/mol. The van der Waals surface area contributed by atoms with Crippen molar-refractivity contribution in [2.24, 2.45) is 5.92 Å². The van der Waals surface area contributed by atoms with Gasteiger partial charge in [-0.1, -0.05) is 13.8 Å². The van der Waals surface area contributed by atoms with Gasteiger partial charge in [-0.25, -0.2) is 0 Å². The number of nitrogens with zero attached hydrogens (tertiary/aromatic N) is 1. The topological polar surface area (TPSA) is 28.4 Å². The van der Waals surface area contributed by atoms with Gasteiger partial charge in [0.15, 0.2) is 0 Å². The van der Waals surface area contributed by atoms with Crippen LogP contribution in [0.4, 0.5) is 0 Å². The first-order valence-electron chi connectivity index (χ1n) is 8.16. The highest BCUT2D eigenvalue weighted by atomic mass is 16.3. The van der Waals surface area contributed by atoms with Crippen molar-refractivity contribution in [2.75, 3.05) is 19.6 Å². The SMILES string of the molecule is CC(CCc1ccco1)NCC(C(C)C)N1CCCC1. The highest BCUT2D eigenvalue weighted by Gasteiger charge is 2.24. The lowest BCUT2D eigenvalue weighted by Crippen LogP contribution is -2.46. The third kappa shape index (κ3) is 4.64. The van der Waals surface area contributed by atoms with Crippen LogP contribution in [0.2, 0.25) is 0 Å². The first kappa shape index (κ1) is 15.6. The molecule has 2 unspecified atom stereocenters. The second-order valence-corrected chi connectivity index (χ2v) is 6.48. The molecule has 0 aliphatic carbocycles. The molecule has 1 aromatic heterocycles. The van der Waals surface area contributed by atoms with Crippen molar-refractivity contribution in [3.63, 3.8) is 0 Å². The van der Waals surface area contributed by atoms with Crippen LogP contribution < -0.4 is 5.32 Å². The second kappa shape index (κ2) is 7.84. The Morgan fingerprint density at radius 1 is 1.25 bits per heavy atom. The van der Waals surface area contributed by atoms with Crippen LogP contribution >= 0.6 is 0 Å². The Labute approximate surface area is 123 Å². The maximum atomic E-state index is 5.39. The lowest BCUT2D eigenvalue weighted by molar-refractivity contribution is 0.182. The molecule has 1 saturated heterocycles. The molecule has 20 heavy (non-hydrogen) atoms. The molecule has 1 aliphatic rings. The van der Waals surface area contributed by atoms with Crippen LogP contribution in [-0.2, 0) is 6.42 Å². The Hall–Kier alpha value is -0.800. The molecule has 114 valence electrons. The van der Waals surface area contributed by atoms with E-state index in [9.17, 15) is 0 Å². The van der Waals surface area contributed by atoms with E-state index in [1.165, 1.54) is 25.9 Å². The third-order valence-electron chi connectivity index (χ3n) is 4.46. The van der Waals surface area contributed by atoms with E-state index in [0.717, 1.165) is 31.1 Å². The molecule has 1 aromatic rings. The molecule has 0 saturated carbocycles. The third-order valence-corrected chi connectivity index (χ3v) is 4.46. The fourth-order valence-electron chi connectivity index (χ4n) is 3.10. The van der Waals surface area contributed by atoms with E-state index in [4.69, 9.17) is 4.42 Å². The molecule has 1 aliphatic heterocycles. The van der Waals surface area contributed by atoms with Gasteiger partial charge in [0.1, 0.15) is 5.76 Å². The molecule has 1 fully saturated rings. The van der Waals surface area contributed by atoms with Gasteiger partial charge in [-0.2, -0.15) is 0 Å². The molecule has 2 atom stereocenters. The molecule has 1 N–H and O–H groups in total. The molecule has 3 heteroatoms. The Kier molecular flexibility index (Phi) is 6.11. The second-order valence-electron chi connectivity index (χ2n) is 6.48. The summed E-state index contributed by atoms with van der Waals surface area (Å²) in [6.07, 6.45) is 6.67. The van der Waals surface area contributed by atoms with Crippen LogP contribution in [0.1, 0.15) is 45.8 Å². The summed E-state index contributed by atoms with van der Waals surface area (Å²) in [6.45, 7) is 10.6. The maximum absolute atomic E-state index is 5.39. The van der Waals surface area contributed by atoms with Gasteiger partial charge in [-0.15, -0.1) is 0 Å². The first-order chi connectivity index (χ1) is 9.66. The number of likely N-dealkylation sites (tertiary alicyclic amines) is 1. The predicted molar refractivity (Wildman–Crippen MR) is 83.9 cm³/mol. The molecule has 3 nitrogen and oxygen atoms in total. The summed E-state index contributed by atoms with van der Waals surface area (Å²) in [5.41, 5.74) is 0. The quantitative estimate of drug-likeness (QED) is 0.791. The van der Waals surface area contributed by atoms with E-state index < -0.39 is 0 Å². The van der Waals surface area contributed by atoms with Gasteiger partial charge in [0, 0.05) is 25.0 Å². The first-order valence-corrected chi connectivity index (χ1v) is 8.16. The molecule has 0 spiro atoms. The Morgan fingerprint density at radius 3 is 2.60 bits per heavy atom.